The average Bonchev–Trinajstić information content (AvgIpc) is 3.15. The molecule has 2 saturated heterocycles. The van der Waals surface area contributed by atoms with Crippen LogP contribution in [0.5, 0.6) is 11.5 Å². The van der Waals surface area contributed by atoms with Gasteiger partial charge in [0.05, 0.1) is 31.4 Å². The number of hydrogen-bond acceptors (Lipinski definition) is 7. The molecular formula is C29H36N2O6. The molecule has 2 fully saturated rings. The van der Waals surface area contributed by atoms with E-state index >= 15 is 0 Å². The highest BCUT2D eigenvalue weighted by molar-refractivity contribution is 6.46. The molecule has 2 heterocycles. The molecular weight excluding hydrogens is 472 g/mol. The number of aromatic hydroxyl groups is 1. The van der Waals surface area contributed by atoms with Crippen molar-refractivity contribution in [2.24, 2.45) is 0 Å². The van der Waals surface area contributed by atoms with Gasteiger partial charge in [-0.2, -0.15) is 0 Å². The maximum atomic E-state index is 13.3. The minimum absolute atomic E-state index is 0.0566. The zero-order valence-electron chi connectivity index (χ0n) is 21.6. The number of ether oxygens (including phenoxy) is 2. The molecule has 2 aliphatic heterocycles. The zero-order valence-corrected chi connectivity index (χ0v) is 21.6. The van der Waals surface area contributed by atoms with Crippen LogP contribution in [0.2, 0.25) is 0 Å². The van der Waals surface area contributed by atoms with E-state index in [9.17, 15) is 19.8 Å². The van der Waals surface area contributed by atoms with Crippen molar-refractivity contribution in [3.63, 3.8) is 0 Å². The second kappa shape index (κ2) is 12.3. The molecule has 0 aromatic heterocycles. The van der Waals surface area contributed by atoms with Crippen LogP contribution in [0.4, 0.5) is 0 Å². The van der Waals surface area contributed by atoms with Gasteiger partial charge in [-0.05, 0) is 61.2 Å². The third-order valence-corrected chi connectivity index (χ3v) is 6.93. The largest absolute Gasteiger partial charge is 0.508 e. The summed E-state index contributed by atoms with van der Waals surface area (Å²) in [6.07, 6.45) is 2.66. The highest BCUT2D eigenvalue weighted by Crippen LogP contribution is 2.40. The summed E-state index contributed by atoms with van der Waals surface area (Å²) in [5.41, 5.74) is 2.00. The van der Waals surface area contributed by atoms with E-state index in [4.69, 9.17) is 9.47 Å². The van der Waals surface area contributed by atoms with Crippen LogP contribution in [0.3, 0.4) is 0 Å². The van der Waals surface area contributed by atoms with Crippen molar-refractivity contribution in [2.45, 2.75) is 39.2 Å². The number of phenolic OH excluding ortho intramolecular Hbond substituents is 1. The molecule has 0 radical (unpaired) electrons. The van der Waals surface area contributed by atoms with Gasteiger partial charge in [-0.3, -0.25) is 14.5 Å². The van der Waals surface area contributed by atoms with Gasteiger partial charge in [0.2, 0.25) is 0 Å². The first-order valence-corrected chi connectivity index (χ1v) is 13.0. The van der Waals surface area contributed by atoms with Crippen LogP contribution in [0.1, 0.15) is 48.9 Å². The lowest BCUT2D eigenvalue weighted by Crippen LogP contribution is -2.38. The fourth-order valence-corrected chi connectivity index (χ4v) is 4.84. The van der Waals surface area contributed by atoms with Crippen molar-refractivity contribution in [3.8, 4) is 11.5 Å². The fraction of sp³-hybridized carbons (Fsp3) is 0.448. The lowest BCUT2D eigenvalue weighted by Gasteiger charge is -2.29. The van der Waals surface area contributed by atoms with E-state index in [1.165, 1.54) is 17.0 Å². The van der Waals surface area contributed by atoms with E-state index in [1.54, 1.807) is 30.3 Å². The summed E-state index contributed by atoms with van der Waals surface area (Å²) in [7, 11) is 0. The summed E-state index contributed by atoms with van der Waals surface area (Å²) in [4.78, 5) is 30.3. The summed E-state index contributed by atoms with van der Waals surface area (Å²) < 4.78 is 11.2. The third kappa shape index (κ3) is 6.14. The monoisotopic (exact) mass is 508 g/mol. The van der Waals surface area contributed by atoms with Crippen LogP contribution in [0.25, 0.3) is 5.76 Å². The number of unbranched alkanes of at least 4 members (excludes halogenated alkanes) is 1. The number of nitrogens with zero attached hydrogens (tertiary/aromatic N) is 2. The van der Waals surface area contributed by atoms with Crippen molar-refractivity contribution in [1.82, 2.24) is 9.80 Å². The van der Waals surface area contributed by atoms with Crippen LogP contribution in [-0.2, 0) is 14.3 Å². The van der Waals surface area contributed by atoms with E-state index in [0.29, 0.717) is 43.9 Å². The molecule has 37 heavy (non-hydrogen) atoms. The number of hydrogen-bond donors (Lipinski definition) is 2. The number of aliphatic hydroxyl groups excluding tert-OH is 1. The summed E-state index contributed by atoms with van der Waals surface area (Å²) in [6.45, 7) is 8.83. The number of carbonyl (C=O) groups excluding carboxylic acids is 2. The number of phenols is 1. The summed E-state index contributed by atoms with van der Waals surface area (Å²) in [5.74, 6) is -0.734. The van der Waals surface area contributed by atoms with Crippen LogP contribution < -0.4 is 4.74 Å². The minimum Gasteiger partial charge on any atom is -0.508 e. The van der Waals surface area contributed by atoms with Crippen LogP contribution in [0.15, 0.2) is 48.0 Å². The lowest BCUT2D eigenvalue weighted by atomic mass is 9.94. The summed E-state index contributed by atoms with van der Waals surface area (Å²) >= 11 is 0. The Morgan fingerprint density at radius 3 is 2.46 bits per heavy atom. The minimum atomic E-state index is -0.744. The molecule has 4 rings (SSSR count). The summed E-state index contributed by atoms with van der Waals surface area (Å²) in [5, 5.41) is 21.1. The Morgan fingerprint density at radius 1 is 1.05 bits per heavy atom. The number of Topliss-reactive ketones (excluding diaryl/α,β-unsaturated/α-hetero) is 1. The molecule has 2 aliphatic rings. The SMILES string of the molecule is CCCCOc1ccc(/C(O)=C2\C(=O)C(=O)N(CCCN3CCOCC3)[C@@H]2c2ccc(O)cc2)cc1C. The Kier molecular flexibility index (Phi) is 8.84. The van der Waals surface area contributed by atoms with Crippen LogP contribution >= 0.6 is 0 Å². The second-order valence-corrected chi connectivity index (χ2v) is 9.57. The first kappa shape index (κ1) is 26.7. The highest BCUT2D eigenvalue weighted by atomic mass is 16.5. The molecule has 8 heteroatoms. The number of aliphatic hydroxyl groups is 1. The van der Waals surface area contributed by atoms with Crippen molar-refractivity contribution in [2.75, 3.05) is 46.0 Å². The number of carbonyl (C=O) groups is 2. The van der Waals surface area contributed by atoms with Gasteiger partial charge in [0.1, 0.15) is 17.3 Å². The molecule has 2 aromatic carbocycles. The standard InChI is InChI=1S/C29H36N2O6/c1-3-4-16-37-24-11-8-22(19-20(24)2)27(33)25-26(21-6-9-23(32)10-7-21)31(29(35)28(25)34)13-5-12-30-14-17-36-18-15-30/h6-11,19,26,32-33H,3-5,12-18H2,1-2H3/b27-25+/t26-/m1/s1. The molecule has 0 bridgehead atoms. The Bertz CT molecular complexity index is 1140. The number of rotatable bonds is 10. The van der Waals surface area contributed by atoms with Crippen molar-refractivity contribution < 1.29 is 29.3 Å². The van der Waals surface area contributed by atoms with Gasteiger partial charge in [-0.1, -0.05) is 25.5 Å². The topological polar surface area (TPSA) is 99.5 Å². The molecule has 0 unspecified atom stereocenters. The Balaban J connectivity index is 1.64. The fourth-order valence-electron chi connectivity index (χ4n) is 4.84. The highest BCUT2D eigenvalue weighted by Gasteiger charge is 2.45. The number of likely N-dealkylation sites (tertiary alicyclic amines) is 1. The predicted molar refractivity (Wildman–Crippen MR) is 141 cm³/mol. The van der Waals surface area contributed by atoms with Gasteiger partial charge in [0.15, 0.2) is 0 Å². The maximum absolute atomic E-state index is 13.3. The van der Waals surface area contributed by atoms with Crippen LogP contribution in [0, 0.1) is 6.92 Å². The molecule has 1 amide bonds. The zero-order chi connectivity index (χ0) is 26.4. The molecule has 0 aliphatic carbocycles. The lowest BCUT2D eigenvalue weighted by molar-refractivity contribution is -0.140. The van der Waals surface area contributed by atoms with Gasteiger partial charge < -0.3 is 24.6 Å². The third-order valence-electron chi connectivity index (χ3n) is 6.93. The molecule has 2 N–H and O–H groups in total. The Morgan fingerprint density at radius 2 is 1.78 bits per heavy atom. The number of amides is 1. The normalized spacial score (nSPS) is 19.9. The van der Waals surface area contributed by atoms with Gasteiger partial charge >= 0.3 is 0 Å². The van der Waals surface area contributed by atoms with Crippen molar-refractivity contribution in [3.05, 3.63) is 64.7 Å². The molecule has 2 aromatic rings. The van der Waals surface area contributed by atoms with Gasteiger partial charge in [-0.15, -0.1) is 0 Å². The van der Waals surface area contributed by atoms with E-state index in [-0.39, 0.29) is 17.1 Å². The molecule has 198 valence electrons. The number of aryl methyl sites for hydroxylation is 1. The van der Waals surface area contributed by atoms with Crippen molar-refractivity contribution in [1.29, 1.82) is 0 Å². The number of benzene rings is 2. The number of morpholine rings is 1. The molecule has 8 nitrogen and oxygen atoms in total. The van der Waals surface area contributed by atoms with Crippen LogP contribution in [-0.4, -0.2) is 77.7 Å². The maximum Gasteiger partial charge on any atom is 0.295 e. The smallest absolute Gasteiger partial charge is 0.295 e. The van der Waals surface area contributed by atoms with Crippen molar-refractivity contribution >= 4 is 17.4 Å². The molecule has 1 atom stereocenters. The average molecular weight is 509 g/mol. The number of ketones is 1. The van der Waals surface area contributed by atoms with Gasteiger partial charge in [0.25, 0.3) is 11.7 Å². The van der Waals surface area contributed by atoms with E-state index in [1.807, 2.05) is 6.92 Å². The van der Waals surface area contributed by atoms with E-state index < -0.39 is 17.7 Å². The van der Waals surface area contributed by atoms with Gasteiger partial charge in [-0.25, -0.2) is 0 Å². The molecule has 0 saturated carbocycles. The first-order valence-electron chi connectivity index (χ1n) is 13.0. The predicted octanol–water partition coefficient (Wildman–Crippen LogP) is 4.02. The van der Waals surface area contributed by atoms with Gasteiger partial charge in [0, 0.05) is 31.7 Å². The second-order valence-electron chi connectivity index (χ2n) is 9.57. The molecule has 0 spiro atoms. The van der Waals surface area contributed by atoms with E-state index in [0.717, 1.165) is 43.8 Å². The Labute approximate surface area is 218 Å². The van der Waals surface area contributed by atoms with E-state index in [2.05, 4.69) is 11.8 Å². The first-order chi connectivity index (χ1) is 17.9. The summed E-state index contributed by atoms with van der Waals surface area (Å²) in [6, 6.07) is 10.9. The quantitative estimate of drug-likeness (QED) is 0.216. The Hall–Kier alpha value is -3.36.